The van der Waals surface area contributed by atoms with Crippen LogP contribution in [-0.2, 0) is 20.0 Å². The summed E-state index contributed by atoms with van der Waals surface area (Å²) in [5.41, 5.74) is 0. The highest BCUT2D eigenvalue weighted by molar-refractivity contribution is 7.90. The second-order valence-corrected chi connectivity index (χ2v) is 9.48. The van der Waals surface area contributed by atoms with Crippen molar-refractivity contribution in [2.45, 2.75) is 9.79 Å². The molecule has 3 rings (SSSR count). The number of nitrogens with zero attached hydrogens (tertiary/aromatic N) is 3. The van der Waals surface area contributed by atoms with Gasteiger partial charge in [0, 0.05) is 38.6 Å². The Morgan fingerprint density at radius 1 is 0.792 bits per heavy atom. The van der Waals surface area contributed by atoms with E-state index in [1.165, 1.54) is 28.7 Å². The number of piperazine rings is 1. The van der Waals surface area contributed by atoms with Gasteiger partial charge in [-0.15, -0.1) is 0 Å². The second kappa shape index (κ2) is 6.32. The Balaban J connectivity index is 1.91. The van der Waals surface area contributed by atoms with Gasteiger partial charge in [0.25, 0.3) is 10.0 Å². The molecule has 0 unspecified atom stereocenters. The van der Waals surface area contributed by atoms with Crippen LogP contribution < -0.4 is 0 Å². The molecule has 0 saturated carbocycles. The quantitative estimate of drug-likeness (QED) is 0.791. The Labute approximate surface area is 142 Å². The zero-order valence-corrected chi connectivity index (χ0v) is 14.9. The largest absolute Gasteiger partial charge is 0.304 e. The van der Waals surface area contributed by atoms with Gasteiger partial charge in [-0.1, -0.05) is 18.2 Å². The molecule has 130 valence electrons. The molecule has 0 spiro atoms. The van der Waals surface area contributed by atoms with Gasteiger partial charge in [-0.05, 0) is 25.2 Å². The molecule has 0 aliphatic carbocycles. The molecular formula is C15H19N3O4S2. The Morgan fingerprint density at radius 3 is 2.04 bits per heavy atom. The number of rotatable bonds is 4. The molecular weight excluding hydrogens is 350 g/mol. The first kappa shape index (κ1) is 17.2. The lowest BCUT2D eigenvalue weighted by Gasteiger charge is -2.31. The fraction of sp³-hybridized carbons (Fsp3) is 0.333. The Hall–Kier alpha value is -1.68. The molecule has 1 saturated heterocycles. The maximum atomic E-state index is 12.7. The molecule has 0 N–H and O–H groups in total. The number of sulfonamides is 1. The first-order valence-electron chi connectivity index (χ1n) is 7.49. The first-order valence-corrected chi connectivity index (χ1v) is 10.4. The average molecular weight is 369 g/mol. The smallest absolute Gasteiger partial charge is 0.267 e. The summed E-state index contributed by atoms with van der Waals surface area (Å²) in [7, 11) is -5.54. The molecule has 2 aromatic rings. The second-order valence-electron chi connectivity index (χ2n) is 5.70. The third kappa shape index (κ3) is 3.12. The highest BCUT2D eigenvalue weighted by atomic mass is 32.2. The lowest BCUT2D eigenvalue weighted by atomic mass is 10.4. The van der Waals surface area contributed by atoms with E-state index in [2.05, 4.69) is 4.90 Å². The minimum absolute atomic E-state index is 0.00782. The van der Waals surface area contributed by atoms with E-state index in [4.69, 9.17) is 0 Å². The minimum atomic E-state index is -3.79. The average Bonchev–Trinajstić information content (AvgIpc) is 3.08. The van der Waals surface area contributed by atoms with Crippen LogP contribution in [0.5, 0.6) is 0 Å². The predicted molar refractivity (Wildman–Crippen MR) is 89.7 cm³/mol. The number of benzene rings is 1. The van der Waals surface area contributed by atoms with Crippen LogP contribution >= 0.6 is 0 Å². The highest BCUT2D eigenvalue weighted by Crippen LogP contribution is 2.21. The van der Waals surface area contributed by atoms with E-state index in [9.17, 15) is 16.8 Å². The molecule has 0 radical (unpaired) electrons. The zero-order valence-electron chi connectivity index (χ0n) is 13.2. The zero-order chi connectivity index (χ0) is 17.4. The summed E-state index contributed by atoms with van der Waals surface area (Å²) in [6.07, 6.45) is 2.43. The number of likely N-dealkylation sites (N-methyl/N-ethyl adjacent to an activating group) is 1. The van der Waals surface area contributed by atoms with Crippen LogP contribution in [0, 0.1) is 0 Å². The van der Waals surface area contributed by atoms with Crippen molar-refractivity contribution in [2.24, 2.45) is 0 Å². The molecule has 7 nitrogen and oxygen atoms in total. The van der Waals surface area contributed by atoms with Gasteiger partial charge < -0.3 is 4.90 Å². The monoisotopic (exact) mass is 369 g/mol. The van der Waals surface area contributed by atoms with E-state index in [1.807, 2.05) is 7.05 Å². The number of hydrogen-bond donors (Lipinski definition) is 0. The SMILES string of the molecule is CN1CCN(S(=O)(=O)c2ccn(S(=O)(=O)c3ccccc3)c2)CC1. The molecule has 0 atom stereocenters. The van der Waals surface area contributed by atoms with Gasteiger partial charge in [0.1, 0.15) is 4.90 Å². The summed E-state index contributed by atoms with van der Waals surface area (Å²) >= 11 is 0. The van der Waals surface area contributed by atoms with Crippen LogP contribution in [0.1, 0.15) is 0 Å². The van der Waals surface area contributed by atoms with Crippen molar-refractivity contribution in [3.8, 4) is 0 Å². The van der Waals surface area contributed by atoms with Gasteiger partial charge in [-0.25, -0.2) is 20.8 Å². The molecule has 2 heterocycles. The summed E-state index contributed by atoms with van der Waals surface area (Å²) in [4.78, 5) is 2.16. The third-order valence-corrected chi connectivity index (χ3v) is 7.59. The van der Waals surface area contributed by atoms with E-state index in [0.717, 1.165) is 10.2 Å². The fourth-order valence-corrected chi connectivity index (χ4v) is 5.26. The third-order valence-electron chi connectivity index (χ3n) is 4.06. The Bertz CT molecular complexity index is 913. The van der Waals surface area contributed by atoms with E-state index >= 15 is 0 Å². The van der Waals surface area contributed by atoms with E-state index in [1.54, 1.807) is 18.2 Å². The summed E-state index contributed by atoms with van der Waals surface area (Å²) in [5, 5.41) is 0. The highest BCUT2D eigenvalue weighted by Gasteiger charge is 2.29. The fourth-order valence-electron chi connectivity index (χ4n) is 2.55. The van der Waals surface area contributed by atoms with E-state index < -0.39 is 20.0 Å². The number of aromatic nitrogens is 1. The standard InChI is InChI=1S/C15H19N3O4S2/c1-16-9-11-17(12-10-16)24(21,22)15-7-8-18(13-15)23(19,20)14-5-3-2-4-6-14/h2-8,13H,9-12H2,1H3. The summed E-state index contributed by atoms with van der Waals surface area (Å²) in [6, 6.07) is 9.25. The lowest BCUT2D eigenvalue weighted by Crippen LogP contribution is -2.46. The summed E-state index contributed by atoms with van der Waals surface area (Å²) in [5.74, 6) is 0. The van der Waals surface area contributed by atoms with Crippen molar-refractivity contribution in [1.82, 2.24) is 13.2 Å². The summed E-state index contributed by atoms with van der Waals surface area (Å²) < 4.78 is 52.8. The molecule has 1 aromatic heterocycles. The van der Waals surface area contributed by atoms with Crippen molar-refractivity contribution in [3.05, 3.63) is 48.8 Å². The molecule has 9 heteroatoms. The Kier molecular flexibility index (Phi) is 4.52. The molecule has 1 aliphatic heterocycles. The van der Waals surface area contributed by atoms with Crippen LogP contribution in [0.15, 0.2) is 58.6 Å². The van der Waals surface area contributed by atoms with Crippen molar-refractivity contribution in [1.29, 1.82) is 0 Å². The van der Waals surface area contributed by atoms with Crippen molar-refractivity contribution in [3.63, 3.8) is 0 Å². The molecule has 1 fully saturated rings. The van der Waals surface area contributed by atoms with Gasteiger partial charge in [-0.2, -0.15) is 4.31 Å². The van der Waals surface area contributed by atoms with Crippen LogP contribution in [0.2, 0.25) is 0 Å². The van der Waals surface area contributed by atoms with E-state index in [-0.39, 0.29) is 9.79 Å². The molecule has 24 heavy (non-hydrogen) atoms. The van der Waals surface area contributed by atoms with Gasteiger partial charge in [0.2, 0.25) is 10.0 Å². The van der Waals surface area contributed by atoms with Crippen LogP contribution in [-0.4, -0.2) is 63.2 Å². The first-order chi connectivity index (χ1) is 11.3. The molecule has 0 amide bonds. The van der Waals surface area contributed by atoms with E-state index in [0.29, 0.717) is 26.2 Å². The maximum absolute atomic E-state index is 12.7. The van der Waals surface area contributed by atoms with Crippen molar-refractivity contribution >= 4 is 20.0 Å². The minimum Gasteiger partial charge on any atom is -0.304 e. The predicted octanol–water partition coefficient (Wildman–Crippen LogP) is 0.661. The Morgan fingerprint density at radius 2 is 1.42 bits per heavy atom. The normalized spacial score (nSPS) is 17.9. The molecule has 0 bridgehead atoms. The van der Waals surface area contributed by atoms with Crippen molar-refractivity contribution in [2.75, 3.05) is 33.2 Å². The topological polar surface area (TPSA) is 79.7 Å². The molecule has 1 aromatic carbocycles. The van der Waals surface area contributed by atoms with Crippen LogP contribution in [0.3, 0.4) is 0 Å². The maximum Gasteiger partial charge on any atom is 0.267 e. The van der Waals surface area contributed by atoms with Gasteiger partial charge in [-0.3, -0.25) is 0 Å². The van der Waals surface area contributed by atoms with Gasteiger partial charge in [0.15, 0.2) is 0 Å². The lowest BCUT2D eigenvalue weighted by molar-refractivity contribution is 0.222. The van der Waals surface area contributed by atoms with Crippen LogP contribution in [0.25, 0.3) is 0 Å². The molecule has 1 aliphatic rings. The van der Waals surface area contributed by atoms with Crippen LogP contribution in [0.4, 0.5) is 0 Å². The van der Waals surface area contributed by atoms with Crippen molar-refractivity contribution < 1.29 is 16.8 Å². The number of hydrogen-bond acceptors (Lipinski definition) is 5. The van der Waals surface area contributed by atoms with Gasteiger partial charge >= 0.3 is 0 Å². The van der Waals surface area contributed by atoms with Gasteiger partial charge in [0.05, 0.1) is 4.90 Å². The summed E-state index contributed by atoms with van der Waals surface area (Å²) in [6.45, 7) is 2.11.